The van der Waals surface area contributed by atoms with E-state index in [4.69, 9.17) is 9.47 Å². The molecule has 0 aliphatic carbocycles. The molecule has 27 heavy (non-hydrogen) atoms. The van der Waals surface area contributed by atoms with Crippen molar-refractivity contribution < 1.29 is 14.4 Å². The molecule has 8 heteroatoms. The molecule has 0 unspecified atom stereocenters. The highest BCUT2D eigenvalue weighted by Crippen LogP contribution is 2.37. The van der Waals surface area contributed by atoms with Crippen LogP contribution in [0.5, 0.6) is 0 Å². The van der Waals surface area contributed by atoms with Crippen molar-refractivity contribution in [2.24, 2.45) is 0 Å². The molecule has 2 aliphatic rings. The minimum atomic E-state index is -0.407. The molecule has 0 radical (unpaired) electrons. The molecule has 4 atom stereocenters. The Morgan fingerprint density at radius 3 is 1.81 bits per heavy atom. The first-order valence-electron chi connectivity index (χ1n) is 9.31. The summed E-state index contributed by atoms with van der Waals surface area (Å²) in [5.74, 6) is 0. The van der Waals surface area contributed by atoms with E-state index in [1.807, 2.05) is 32.6 Å². The topological polar surface area (TPSA) is 91.9 Å². The monoisotopic (exact) mass is 374 g/mol. The van der Waals surface area contributed by atoms with Gasteiger partial charge in [0.1, 0.15) is 11.8 Å². The number of rotatable bonds is 3. The minimum absolute atomic E-state index is 0.0177. The molecule has 1 aromatic carbocycles. The van der Waals surface area contributed by atoms with Gasteiger partial charge in [0.25, 0.3) is 5.69 Å². The first-order chi connectivity index (χ1) is 12.8. The van der Waals surface area contributed by atoms with Gasteiger partial charge in [0.2, 0.25) is 0 Å². The maximum Gasteiger partial charge on any atom is 0.294 e. The van der Waals surface area contributed by atoms with Gasteiger partial charge in [0, 0.05) is 32.2 Å². The molecule has 8 nitrogen and oxygen atoms in total. The van der Waals surface area contributed by atoms with E-state index >= 15 is 0 Å². The molecule has 0 amide bonds. The van der Waals surface area contributed by atoms with Gasteiger partial charge in [-0.25, -0.2) is 0 Å². The number of anilines is 2. The van der Waals surface area contributed by atoms with Crippen LogP contribution in [0.1, 0.15) is 33.3 Å². The Morgan fingerprint density at radius 1 is 0.963 bits per heavy atom. The van der Waals surface area contributed by atoms with Gasteiger partial charge in [-0.15, -0.1) is 0 Å². The average Bonchev–Trinajstić information content (AvgIpc) is 2.58. The van der Waals surface area contributed by atoms with Gasteiger partial charge in [-0.05, 0) is 33.8 Å². The highest BCUT2D eigenvalue weighted by molar-refractivity contribution is 5.76. The highest BCUT2D eigenvalue weighted by atomic mass is 16.6. The Kier molecular flexibility index (Phi) is 5.53. The maximum atomic E-state index is 11.7. The van der Waals surface area contributed by atoms with Gasteiger partial charge >= 0.3 is 0 Å². The quantitative estimate of drug-likeness (QED) is 0.593. The van der Waals surface area contributed by atoms with E-state index in [2.05, 4.69) is 11.0 Å². The van der Waals surface area contributed by atoms with Gasteiger partial charge in [-0.3, -0.25) is 10.1 Å². The number of nitro benzene ring substituents is 1. The summed E-state index contributed by atoms with van der Waals surface area (Å²) < 4.78 is 11.6. The molecule has 2 fully saturated rings. The van der Waals surface area contributed by atoms with E-state index in [9.17, 15) is 15.4 Å². The summed E-state index contributed by atoms with van der Waals surface area (Å²) in [6.45, 7) is 10.4. The van der Waals surface area contributed by atoms with Crippen molar-refractivity contribution in [3.8, 4) is 6.07 Å². The Bertz CT molecular complexity index is 743. The minimum Gasteiger partial charge on any atom is -0.372 e. The molecule has 0 spiro atoms. The fourth-order valence-corrected chi connectivity index (χ4v) is 4.07. The van der Waals surface area contributed by atoms with Gasteiger partial charge in [-0.2, -0.15) is 5.26 Å². The summed E-state index contributed by atoms with van der Waals surface area (Å²) in [6.07, 6.45) is 0.0245. The standard InChI is InChI=1S/C19H26N4O4/c1-12-8-21(9-13(2)26-12)17-6-18(19(23(24)25)5-16(17)7-20)22-10-14(3)27-15(4)11-22/h5-6,12-15H,8-11H2,1-4H3/t12-,13+,14-,15+. The van der Waals surface area contributed by atoms with Crippen LogP contribution < -0.4 is 9.80 Å². The number of hydrogen-bond donors (Lipinski definition) is 0. The van der Waals surface area contributed by atoms with Crippen LogP contribution in [0.15, 0.2) is 12.1 Å². The first-order valence-corrected chi connectivity index (χ1v) is 9.31. The molecule has 146 valence electrons. The number of hydrogen-bond acceptors (Lipinski definition) is 7. The van der Waals surface area contributed by atoms with Gasteiger partial charge < -0.3 is 19.3 Å². The van der Waals surface area contributed by atoms with Crippen LogP contribution in [0.4, 0.5) is 17.1 Å². The second-order valence-corrected chi connectivity index (χ2v) is 7.55. The van der Waals surface area contributed by atoms with Crippen LogP contribution in [0, 0.1) is 21.4 Å². The van der Waals surface area contributed by atoms with Gasteiger partial charge in [0.05, 0.1) is 40.6 Å². The fourth-order valence-electron chi connectivity index (χ4n) is 4.07. The fraction of sp³-hybridized carbons (Fsp3) is 0.632. The summed E-state index contributed by atoms with van der Waals surface area (Å²) >= 11 is 0. The van der Waals surface area contributed by atoms with E-state index in [0.29, 0.717) is 37.4 Å². The lowest BCUT2D eigenvalue weighted by molar-refractivity contribution is -0.384. The van der Waals surface area contributed by atoms with E-state index in [0.717, 1.165) is 5.69 Å². The smallest absolute Gasteiger partial charge is 0.294 e. The molecule has 0 saturated carbocycles. The number of nitrogens with zero attached hydrogens (tertiary/aromatic N) is 4. The molecule has 3 rings (SSSR count). The zero-order valence-corrected chi connectivity index (χ0v) is 16.2. The predicted octanol–water partition coefficient (Wildman–Crippen LogP) is 2.69. The third-order valence-corrected chi connectivity index (χ3v) is 4.93. The van der Waals surface area contributed by atoms with Crippen LogP contribution in [0.25, 0.3) is 0 Å². The number of benzene rings is 1. The van der Waals surface area contributed by atoms with Gasteiger partial charge in [0.15, 0.2) is 0 Å². The molecule has 1 aromatic rings. The highest BCUT2D eigenvalue weighted by Gasteiger charge is 2.31. The van der Waals surface area contributed by atoms with Crippen LogP contribution in [-0.4, -0.2) is 55.5 Å². The molecule has 2 saturated heterocycles. The molecular formula is C19H26N4O4. The van der Waals surface area contributed by atoms with Gasteiger partial charge in [-0.1, -0.05) is 0 Å². The predicted molar refractivity (Wildman–Crippen MR) is 102 cm³/mol. The zero-order chi connectivity index (χ0) is 19.7. The largest absolute Gasteiger partial charge is 0.372 e. The number of ether oxygens (including phenoxy) is 2. The number of nitro groups is 1. The summed E-state index contributed by atoms with van der Waals surface area (Å²) in [5, 5.41) is 21.3. The molecule has 2 heterocycles. The van der Waals surface area contributed by atoms with Crippen LogP contribution in [0.2, 0.25) is 0 Å². The summed E-state index contributed by atoms with van der Waals surface area (Å²) in [6, 6.07) is 5.34. The second-order valence-electron chi connectivity index (χ2n) is 7.55. The summed E-state index contributed by atoms with van der Waals surface area (Å²) in [4.78, 5) is 15.4. The Hall–Kier alpha value is -2.37. The van der Waals surface area contributed by atoms with Crippen molar-refractivity contribution in [3.63, 3.8) is 0 Å². The van der Waals surface area contributed by atoms with Crippen molar-refractivity contribution in [2.75, 3.05) is 36.0 Å². The first kappa shape index (κ1) is 19.4. The number of morpholine rings is 2. The van der Waals surface area contributed by atoms with Crippen molar-refractivity contribution in [3.05, 3.63) is 27.8 Å². The van der Waals surface area contributed by atoms with Crippen LogP contribution >= 0.6 is 0 Å². The molecule has 0 N–H and O–H groups in total. The van der Waals surface area contributed by atoms with E-state index < -0.39 is 4.92 Å². The molecule has 0 aromatic heterocycles. The third kappa shape index (κ3) is 4.15. The summed E-state index contributed by atoms with van der Waals surface area (Å²) in [5.41, 5.74) is 1.56. The van der Waals surface area contributed by atoms with E-state index in [1.54, 1.807) is 6.07 Å². The maximum absolute atomic E-state index is 11.7. The van der Waals surface area contributed by atoms with E-state index in [-0.39, 0.29) is 30.1 Å². The Morgan fingerprint density at radius 2 is 1.41 bits per heavy atom. The lowest BCUT2D eigenvalue weighted by Crippen LogP contribution is -2.47. The lowest BCUT2D eigenvalue weighted by atomic mass is 10.1. The Labute approximate surface area is 159 Å². The summed E-state index contributed by atoms with van der Waals surface area (Å²) in [7, 11) is 0. The van der Waals surface area contributed by atoms with Crippen molar-refractivity contribution in [1.29, 1.82) is 5.26 Å². The lowest BCUT2D eigenvalue weighted by Gasteiger charge is -2.39. The third-order valence-electron chi connectivity index (χ3n) is 4.93. The number of nitriles is 1. The van der Waals surface area contributed by atoms with Crippen molar-refractivity contribution in [1.82, 2.24) is 0 Å². The normalized spacial score (nSPS) is 28.7. The second kappa shape index (κ2) is 7.71. The van der Waals surface area contributed by atoms with Crippen molar-refractivity contribution in [2.45, 2.75) is 52.1 Å². The Balaban J connectivity index is 2.06. The average molecular weight is 374 g/mol. The SMILES string of the molecule is C[C@@H]1CN(c2cc(N3C[C@@H](C)O[C@@H](C)C3)c([N+](=O)[O-])cc2C#N)C[C@H](C)O1. The van der Waals surface area contributed by atoms with Crippen LogP contribution in [0.3, 0.4) is 0 Å². The molecular weight excluding hydrogens is 348 g/mol. The molecule has 0 bridgehead atoms. The van der Waals surface area contributed by atoms with Crippen molar-refractivity contribution >= 4 is 17.1 Å². The van der Waals surface area contributed by atoms with Crippen LogP contribution in [-0.2, 0) is 9.47 Å². The van der Waals surface area contributed by atoms with E-state index in [1.165, 1.54) is 6.07 Å². The molecule has 2 aliphatic heterocycles. The zero-order valence-electron chi connectivity index (χ0n) is 16.2.